The molecule has 0 heterocycles. The van der Waals surface area contributed by atoms with Gasteiger partial charge >= 0.3 is 0 Å². The first-order chi connectivity index (χ1) is 16.4. The largest absolute Gasteiger partial charge is 0.179 e. The molecule has 0 aromatic rings. The number of thioether (sulfide) groups is 4. The van der Waals surface area contributed by atoms with Gasteiger partial charge in [0.05, 0.1) is 8.07 Å². The van der Waals surface area contributed by atoms with Crippen molar-refractivity contribution in [1.29, 1.82) is 0 Å². The summed E-state index contributed by atoms with van der Waals surface area (Å²) in [5.74, 6) is 10.1. The molecule has 8 heteroatoms. The van der Waals surface area contributed by atoms with Gasteiger partial charge in [-0.1, -0.05) is 44.1 Å². The van der Waals surface area contributed by atoms with Crippen molar-refractivity contribution in [2.45, 2.75) is 58.3 Å². The maximum absolute atomic E-state index is 3.84. The van der Waals surface area contributed by atoms with Crippen molar-refractivity contribution in [3.8, 4) is 0 Å². The van der Waals surface area contributed by atoms with Gasteiger partial charge in [0, 0.05) is 0 Å². The van der Waals surface area contributed by atoms with Gasteiger partial charge in [0.15, 0.2) is 0 Å². The highest BCUT2D eigenvalue weighted by Gasteiger charge is 2.30. The maximum Gasteiger partial charge on any atom is 0.148 e. The summed E-state index contributed by atoms with van der Waals surface area (Å²) in [5, 5.41) is 0. The maximum atomic E-state index is 3.84. The van der Waals surface area contributed by atoms with Gasteiger partial charge < -0.3 is 0 Å². The number of hydrogen-bond acceptors (Lipinski definition) is 6. The first kappa shape index (κ1) is 43.5. The molecule has 35 heavy (non-hydrogen) atoms. The zero-order chi connectivity index (χ0) is 26.6. The average molecular weight is 631 g/mol. The second-order valence-electron chi connectivity index (χ2n) is 7.97. The summed E-state index contributed by atoms with van der Waals surface area (Å²) >= 11 is 16.2. The van der Waals surface area contributed by atoms with Crippen molar-refractivity contribution in [1.82, 2.24) is 0 Å². The van der Waals surface area contributed by atoms with Gasteiger partial charge in [0.1, 0.15) is 8.07 Å². The highest BCUT2D eigenvalue weighted by Crippen LogP contribution is 2.32. The molecule has 0 fully saturated rings. The van der Waals surface area contributed by atoms with Crippen LogP contribution in [-0.2, 0) is 0 Å². The minimum absolute atomic E-state index is 0. The van der Waals surface area contributed by atoms with Crippen molar-refractivity contribution in [2.24, 2.45) is 0 Å². The third-order valence-electron chi connectivity index (χ3n) is 5.44. The molecule has 0 aromatic heterocycles. The molecule has 0 nitrogen and oxygen atoms in total. The Morgan fingerprint density at radius 3 is 1.11 bits per heavy atom. The molecule has 0 amide bonds. The standard InChI is InChI=1S/C16H36S4Si.C8H12Si.C2H6S2.CH4/c1-5-7-19-11-15-21(13-9-17-3,14-10-18-4)16-12-20-8-6-2;1-5-9(6-2,7-3)8-4;3-1-2-4;/h5-16H2,1-4H3;5-8H,1-4H2;3-4H,1-2H2;1H4. The van der Waals surface area contributed by atoms with Crippen LogP contribution in [0.1, 0.15) is 34.1 Å². The van der Waals surface area contributed by atoms with Crippen LogP contribution in [0.2, 0.25) is 24.2 Å². The summed E-state index contributed by atoms with van der Waals surface area (Å²) in [4.78, 5) is 0. The Labute approximate surface area is 252 Å². The Kier molecular flexibility index (Phi) is 41.7. The SMILES string of the molecule is C.C=C[Si](C=C)(C=C)C=C.CCCSCC[Si](CCSC)(CCSC)CCSCCC.SCCS. The number of thiol groups is 2. The van der Waals surface area contributed by atoms with Crippen molar-refractivity contribution < 1.29 is 0 Å². The van der Waals surface area contributed by atoms with E-state index in [0.717, 1.165) is 11.5 Å². The molecule has 0 aromatic carbocycles. The Bertz CT molecular complexity index is 413. The molecule has 0 unspecified atom stereocenters. The van der Waals surface area contributed by atoms with Crippen molar-refractivity contribution >= 4 is 88.5 Å². The second-order valence-corrected chi connectivity index (χ2v) is 21.9. The minimum atomic E-state index is -1.64. The molecule has 0 N–H and O–H groups in total. The molecule has 210 valence electrons. The van der Waals surface area contributed by atoms with Crippen LogP contribution < -0.4 is 0 Å². The van der Waals surface area contributed by atoms with E-state index in [9.17, 15) is 0 Å². The molecule has 0 atom stereocenters. The van der Waals surface area contributed by atoms with Gasteiger partial charge in [-0.3, -0.25) is 0 Å². The first-order valence-electron chi connectivity index (χ1n) is 12.3. The van der Waals surface area contributed by atoms with Gasteiger partial charge in [0.25, 0.3) is 0 Å². The minimum Gasteiger partial charge on any atom is -0.179 e. The van der Waals surface area contributed by atoms with E-state index in [4.69, 9.17) is 0 Å². The van der Waals surface area contributed by atoms with E-state index in [2.05, 4.69) is 125 Å². The second kappa shape index (κ2) is 33.5. The lowest BCUT2D eigenvalue weighted by Crippen LogP contribution is -2.37. The summed E-state index contributed by atoms with van der Waals surface area (Å²) in [6, 6.07) is 6.28. The first-order valence-corrected chi connectivity index (χ1v) is 23.8. The van der Waals surface area contributed by atoms with Gasteiger partial charge in [-0.15, -0.1) is 26.3 Å². The summed E-state index contributed by atoms with van der Waals surface area (Å²) in [6.07, 6.45) is 7.24. The zero-order valence-corrected chi connectivity index (χ0v) is 29.6. The van der Waals surface area contributed by atoms with Crippen molar-refractivity contribution in [3.63, 3.8) is 0 Å². The smallest absolute Gasteiger partial charge is 0.148 e. The molecular formula is C27H58S6Si2. The fourth-order valence-corrected chi connectivity index (χ4v) is 16.2. The summed E-state index contributed by atoms with van der Waals surface area (Å²) in [5.41, 5.74) is 7.56. The number of rotatable bonds is 21. The fourth-order valence-electron chi connectivity index (χ4n) is 2.96. The lowest BCUT2D eigenvalue weighted by Gasteiger charge is -2.32. The molecule has 0 aliphatic carbocycles. The lowest BCUT2D eigenvalue weighted by molar-refractivity contribution is 1.09. The Morgan fingerprint density at radius 1 is 0.600 bits per heavy atom. The molecule has 0 aliphatic rings. The highest BCUT2D eigenvalue weighted by molar-refractivity contribution is 8.00. The quantitative estimate of drug-likeness (QED) is 0.0735. The molecule has 0 spiro atoms. The molecular weight excluding hydrogens is 573 g/mol. The molecule has 0 radical (unpaired) electrons. The predicted octanol–water partition coefficient (Wildman–Crippen LogP) is 10.3. The average Bonchev–Trinajstić information content (AvgIpc) is 2.88. The molecule has 0 bridgehead atoms. The Morgan fingerprint density at radius 2 is 0.914 bits per heavy atom. The van der Waals surface area contributed by atoms with E-state index in [1.807, 2.05) is 22.8 Å². The fraction of sp³-hybridized carbons (Fsp3) is 0.704. The van der Waals surface area contributed by atoms with Crippen molar-refractivity contribution in [2.75, 3.05) is 58.5 Å². The Hall–Kier alpha value is 1.49. The normalized spacial score (nSPS) is 10.6. The molecule has 0 aliphatic heterocycles. The Balaban J connectivity index is -0.000000284. The van der Waals surface area contributed by atoms with Crippen LogP contribution >= 0.6 is 72.3 Å². The molecule has 0 saturated carbocycles. The number of hydrogen-bond donors (Lipinski definition) is 2. The van der Waals surface area contributed by atoms with Gasteiger partial charge in [-0.2, -0.15) is 72.3 Å². The van der Waals surface area contributed by atoms with Crippen LogP contribution in [0.3, 0.4) is 0 Å². The summed E-state index contributed by atoms with van der Waals surface area (Å²) in [6.45, 7) is 19.4. The van der Waals surface area contributed by atoms with E-state index >= 15 is 0 Å². The van der Waals surface area contributed by atoms with Gasteiger partial charge in [-0.05, 0) is 95.6 Å². The molecule has 0 rings (SSSR count). The van der Waals surface area contributed by atoms with Crippen LogP contribution in [0.4, 0.5) is 0 Å². The molecule has 0 saturated heterocycles. The predicted molar refractivity (Wildman–Crippen MR) is 198 cm³/mol. The monoisotopic (exact) mass is 630 g/mol. The lowest BCUT2D eigenvalue weighted by atomic mass is 10.6. The van der Waals surface area contributed by atoms with E-state index in [1.165, 1.54) is 47.4 Å². The van der Waals surface area contributed by atoms with Crippen LogP contribution in [0.15, 0.2) is 49.1 Å². The zero-order valence-electron chi connectivity index (χ0n) is 22.6. The van der Waals surface area contributed by atoms with E-state index < -0.39 is 16.1 Å². The van der Waals surface area contributed by atoms with E-state index in [-0.39, 0.29) is 7.43 Å². The van der Waals surface area contributed by atoms with E-state index in [0.29, 0.717) is 0 Å². The van der Waals surface area contributed by atoms with Crippen LogP contribution in [-0.4, -0.2) is 74.7 Å². The van der Waals surface area contributed by atoms with Crippen LogP contribution in [0.5, 0.6) is 0 Å². The topological polar surface area (TPSA) is 0 Å². The summed E-state index contributed by atoms with van der Waals surface area (Å²) in [7, 11) is -2.66. The van der Waals surface area contributed by atoms with Crippen LogP contribution in [0.25, 0.3) is 0 Å². The highest BCUT2D eigenvalue weighted by atomic mass is 32.2. The van der Waals surface area contributed by atoms with Crippen molar-refractivity contribution in [3.05, 3.63) is 49.1 Å². The van der Waals surface area contributed by atoms with Gasteiger partial charge in [0.2, 0.25) is 0 Å². The third-order valence-corrected chi connectivity index (χ3v) is 19.4. The van der Waals surface area contributed by atoms with E-state index in [1.54, 1.807) is 24.2 Å². The van der Waals surface area contributed by atoms with Gasteiger partial charge in [-0.25, -0.2) is 0 Å². The third kappa shape index (κ3) is 26.9. The van der Waals surface area contributed by atoms with Crippen LogP contribution in [0, 0.1) is 0 Å². The summed E-state index contributed by atoms with van der Waals surface area (Å²) < 4.78 is 0.